The van der Waals surface area contributed by atoms with Crippen molar-refractivity contribution in [1.82, 2.24) is 19.7 Å². The van der Waals surface area contributed by atoms with Crippen molar-refractivity contribution < 1.29 is 13.9 Å². The van der Waals surface area contributed by atoms with E-state index < -0.39 is 5.82 Å². The summed E-state index contributed by atoms with van der Waals surface area (Å²) in [6, 6.07) is 16.6. The number of hydrogen-bond donors (Lipinski definition) is 2. The second-order valence-corrected chi connectivity index (χ2v) is 6.58. The van der Waals surface area contributed by atoms with Crippen LogP contribution in [0.15, 0.2) is 73.1 Å². The van der Waals surface area contributed by atoms with E-state index in [0.29, 0.717) is 23.1 Å². The maximum atomic E-state index is 13.5. The van der Waals surface area contributed by atoms with Crippen molar-refractivity contribution in [3.63, 3.8) is 0 Å². The van der Waals surface area contributed by atoms with E-state index >= 15 is 0 Å². The minimum absolute atomic E-state index is 0.0341. The number of carbonyl (C=O) groups excluding carboxylic acids is 1. The van der Waals surface area contributed by atoms with Crippen LogP contribution in [-0.4, -0.2) is 32.3 Å². The lowest BCUT2D eigenvalue weighted by Crippen LogP contribution is -2.20. The molecule has 4 aromatic rings. The molecule has 0 unspecified atom stereocenters. The second-order valence-electron chi connectivity index (χ2n) is 6.58. The highest BCUT2D eigenvalue weighted by atomic mass is 19.1. The van der Waals surface area contributed by atoms with Crippen LogP contribution in [0.5, 0.6) is 5.75 Å². The second kappa shape index (κ2) is 9.04. The molecule has 31 heavy (non-hydrogen) atoms. The Morgan fingerprint density at radius 1 is 1.06 bits per heavy atom. The molecule has 2 aromatic heterocycles. The summed E-state index contributed by atoms with van der Waals surface area (Å²) < 4.78 is 20.4. The van der Waals surface area contributed by atoms with Crippen LogP contribution in [0.4, 0.5) is 21.6 Å². The topological polar surface area (TPSA) is 94.0 Å². The minimum atomic E-state index is -0.513. The lowest BCUT2D eigenvalue weighted by Gasteiger charge is -2.10. The smallest absolute Gasteiger partial charge is 0.262 e. The van der Waals surface area contributed by atoms with Gasteiger partial charge in [-0.15, -0.1) is 0 Å². The molecule has 9 heteroatoms. The molecule has 0 radical (unpaired) electrons. The van der Waals surface area contributed by atoms with E-state index in [0.717, 1.165) is 5.69 Å². The van der Waals surface area contributed by atoms with Gasteiger partial charge in [0.1, 0.15) is 11.6 Å². The molecular weight excluding hydrogens is 399 g/mol. The van der Waals surface area contributed by atoms with Crippen molar-refractivity contribution >= 4 is 23.1 Å². The quantitative estimate of drug-likeness (QED) is 0.473. The molecule has 0 bridgehead atoms. The highest BCUT2D eigenvalue weighted by Gasteiger charge is 2.08. The molecule has 2 aromatic carbocycles. The van der Waals surface area contributed by atoms with Gasteiger partial charge in [-0.2, -0.15) is 5.10 Å². The number of ether oxygens (including phenoxy) is 1. The highest BCUT2D eigenvalue weighted by Crippen LogP contribution is 2.20. The fourth-order valence-corrected chi connectivity index (χ4v) is 2.82. The Bertz CT molecular complexity index is 1180. The van der Waals surface area contributed by atoms with Crippen molar-refractivity contribution in [2.45, 2.75) is 6.92 Å². The zero-order valence-corrected chi connectivity index (χ0v) is 16.6. The normalized spacial score (nSPS) is 10.5. The first-order valence-electron chi connectivity index (χ1n) is 9.47. The minimum Gasteiger partial charge on any atom is -0.481 e. The standard InChI is InChI=1S/C22H19FN6O2/c1-15-25-20(13-21(26-15)29-12-4-11-24-29)27-16-7-9-17(10-8-16)28-22(30)14-31-19-6-3-2-5-18(19)23/h2-13H,14H2,1H3,(H,28,30)(H,25,26,27). The van der Waals surface area contributed by atoms with E-state index in [1.807, 2.05) is 6.07 Å². The molecule has 0 aliphatic heterocycles. The molecule has 0 saturated heterocycles. The maximum Gasteiger partial charge on any atom is 0.262 e. The van der Waals surface area contributed by atoms with Gasteiger partial charge in [-0.3, -0.25) is 4.79 Å². The van der Waals surface area contributed by atoms with E-state index in [-0.39, 0.29) is 18.3 Å². The average molecular weight is 418 g/mol. The molecule has 8 nitrogen and oxygen atoms in total. The van der Waals surface area contributed by atoms with E-state index in [1.165, 1.54) is 12.1 Å². The first-order chi connectivity index (χ1) is 15.1. The molecular formula is C22H19FN6O2. The summed E-state index contributed by atoms with van der Waals surface area (Å²) in [6.07, 6.45) is 3.48. The van der Waals surface area contributed by atoms with Crippen molar-refractivity contribution in [3.05, 3.63) is 84.7 Å². The Labute approximate surface area is 177 Å². The number of para-hydroxylation sites is 1. The third-order valence-corrected chi connectivity index (χ3v) is 4.20. The number of aromatic nitrogens is 4. The molecule has 0 fully saturated rings. The van der Waals surface area contributed by atoms with Gasteiger partial charge in [0.2, 0.25) is 0 Å². The van der Waals surface area contributed by atoms with Crippen LogP contribution in [0.1, 0.15) is 5.82 Å². The Morgan fingerprint density at radius 3 is 2.58 bits per heavy atom. The molecule has 0 saturated carbocycles. The molecule has 0 atom stereocenters. The van der Waals surface area contributed by atoms with Crippen LogP contribution in [-0.2, 0) is 4.79 Å². The lowest BCUT2D eigenvalue weighted by molar-refractivity contribution is -0.118. The predicted octanol–water partition coefficient (Wildman–Crippen LogP) is 3.87. The number of carbonyl (C=O) groups is 1. The van der Waals surface area contributed by atoms with Gasteiger partial charge in [-0.05, 0) is 49.4 Å². The summed E-state index contributed by atoms with van der Waals surface area (Å²) in [5.74, 6) is 1.01. The number of nitrogens with one attached hydrogen (secondary N) is 2. The van der Waals surface area contributed by atoms with Crippen molar-refractivity contribution in [2.24, 2.45) is 0 Å². The van der Waals surface area contributed by atoms with E-state index in [9.17, 15) is 9.18 Å². The predicted molar refractivity (Wildman–Crippen MR) is 114 cm³/mol. The summed E-state index contributed by atoms with van der Waals surface area (Å²) in [5.41, 5.74) is 1.37. The Balaban J connectivity index is 1.36. The van der Waals surface area contributed by atoms with Gasteiger partial charge in [-0.25, -0.2) is 19.0 Å². The van der Waals surface area contributed by atoms with E-state index in [2.05, 4.69) is 25.7 Å². The number of hydrogen-bond acceptors (Lipinski definition) is 6. The van der Waals surface area contributed by atoms with Crippen molar-refractivity contribution in [1.29, 1.82) is 0 Å². The van der Waals surface area contributed by atoms with Gasteiger partial charge in [-0.1, -0.05) is 12.1 Å². The van der Waals surface area contributed by atoms with Crippen molar-refractivity contribution in [2.75, 3.05) is 17.2 Å². The summed E-state index contributed by atoms with van der Waals surface area (Å²) in [5, 5.41) is 10.1. The number of nitrogens with zero attached hydrogens (tertiary/aromatic N) is 4. The molecule has 0 spiro atoms. The first-order valence-corrected chi connectivity index (χ1v) is 9.47. The number of benzene rings is 2. The third kappa shape index (κ3) is 5.21. The van der Waals surface area contributed by atoms with Crippen molar-refractivity contribution in [3.8, 4) is 11.6 Å². The Hall–Kier alpha value is -4.27. The fourth-order valence-electron chi connectivity index (χ4n) is 2.82. The number of halogens is 1. The number of amides is 1. The lowest BCUT2D eigenvalue weighted by atomic mass is 10.2. The van der Waals surface area contributed by atoms with Crippen LogP contribution in [0.2, 0.25) is 0 Å². The van der Waals surface area contributed by atoms with E-state index in [1.54, 1.807) is 66.5 Å². The molecule has 4 rings (SSSR count). The van der Waals surface area contributed by atoms with Gasteiger partial charge in [0.05, 0.1) is 0 Å². The monoisotopic (exact) mass is 418 g/mol. The van der Waals surface area contributed by atoms with E-state index in [4.69, 9.17) is 4.74 Å². The van der Waals surface area contributed by atoms with Crippen LogP contribution in [0, 0.1) is 12.7 Å². The maximum absolute atomic E-state index is 13.5. The fraction of sp³-hybridized carbons (Fsp3) is 0.0909. The summed E-state index contributed by atoms with van der Waals surface area (Å²) in [7, 11) is 0. The molecule has 2 N–H and O–H groups in total. The van der Waals surface area contributed by atoms with Gasteiger partial charge < -0.3 is 15.4 Å². The number of anilines is 3. The van der Waals surface area contributed by atoms with Crippen LogP contribution in [0.3, 0.4) is 0 Å². The van der Waals surface area contributed by atoms with Crippen LogP contribution >= 0.6 is 0 Å². The number of rotatable bonds is 7. The number of aryl methyl sites for hydroxylation is 1. The Morgan fingerprint density at radius 2 is 1.84 bits per heavy atom. The SMILES string of the molecule is Cc1nc(Nc2ccc(NC(=O)COc3ccccc3F)cc2)cc(-n2cccn2)n1. The Kier molecular flexibility index (Phi) is 5.84. The first kappa shape index (κ1) is 20.0. The molecule has 0 aliphatic rings. The van der Waals surface area contributed by atoms with Gasteiger partial charge >= 0.3 is 0 Å². The molecule has 1 amide bonds. The van der Waals surface area contributed by atoms with Crippen LogP contribution in [0.25, 0.3) is 5.82 Å². The summed E-state index contributed by atoms with van der Waals surface area (Å²) in [6.45, 7) is 1.51. The summed E-state index contributed by atoms with van der Waals surface area (Å²) >= 11 is 0. The largest absolute Gasteiger partial charge is 0.481 e. The molecule has 156 valence electrons. The van der Waals surface area contributed by atoms with Gasteiger partial charge in [0, 0.05) is 29.8 Å². The van der Waals surface area contributed by atoms with Crippen LogP contribution < -0.4 is 15.4 Å². The zero-order valence-electron chi connectivity index (χ0n) is 16.6. The van der Waals surface area contributed by atoms with Gasteiger partial charge in [0.15, 0.2) is 24.0 Å². The third-order valence-electron chi connectivity index (χ3n) is 4.20. The molecule has 0 aliphatic carbocycles. The van der Waals surface area contributed by atoms with Gasteiger partial charge in [0.25, 0.3) is 5.91 Å². The summed E-state index contributed by atoms with van der Waals surface area (Å²) in [4.78, 5) is 20.8. The highest BCUT2D eigenvalue weighted by molar-refractivity contribution is 5.92. The average Bonchev–Trinajstić information content (AvgIpc) is 3.29. The zero-order chi connectivity index (χ0) is 21.6. The molecule has 2 heterocycles.